The van der Waals surface area contributed by atoms with Crippen LogP contribution < -0.4 is 10.2 Å². The van der Waals surface area contributed by atoms with E-state index in [0.29, 0.717) is 6.04 Å². The van der Waals surface area contributed by atoms with Gasteiger partial charge in [-0.15, -0.1) is 0 Å². The highest BCUT2D eigenvalue weighted by molar-refractivity contribution is 5.58. The number of aryl methyl sites for hydroxylation is 1. The number of anilines is 2. The zero-order valence-electron chi connectivity index (χ0n) is 11.1. The average Bonchev–Trinajstić information content (AvgIpc) is 2.28. The fraction of sp³-hybridized carbons (Fsp3) is 0.667. The van der Waals surface area contributed by atoms with Crippen LogP contribution in [-0.2, 0) is 6.42 Å². The van der Waals surface area contributed by atoms with Crippen LogP contribution in [0.4, 0.5) is 11.6 Å². The number of hydrogen-bond acceptors (Lipinski definition) is 4. The largest absolute Gasteiger partial charge is 0.373 e. The first-order valence-corrected chi connectivity index (χ1v) is 5.79. The van der Waals surface area contributed by atoms with Gasteiger partial charge in [0.25, 0.3) is 0 Å². The van der Waals surface area contributed by atoms with Crippen molar-refractivity contribution in [1.82, 2.24) is 9.97 Å². The Labute approximate surface area is 98.1 Å². The van der Waals surface area contributed by atoms with Crippen molar-refractivity contribution in [3.8, 4) is 0 Å². The zero-order valence-corrected chi connectivity index (χ0v) is 11.1. The molecule has 1 aromatic heterocycles. The van der Waals surface area contributed by atoms with Crippen molar-refractivity contribution < 1.29 is 0 Å². The Bertz CT molecular complexity index is 360. The third-order valence-electron chi connectivity index (χ3n) is 2.83. The van der Waals surface area contributed by atoms with E-state index in [9.17, 15) is 0 Å². The van der Waals surface area contributed by atoms with E-state index < -0.39 is 0 Å². The standard InChI is InChI=1S/C12H22N4/c1-7-10-14-11(13-5)9(4)12(15-10)16(6)8(2)3/h8H,7H2,1-6H3,(H,13,14,15). The Morgan fingerprint density at radius 1 is 1.31 bits per heavy atom. The summed E-state index contributed by atoms with van der Waals surface area (Å²) in [7, 11) is 3.97. The van der Waals surface area contributed by atoms with E-state index in [0.717, 1.165) is 29.4 Å². The molecule has 16 heavy (non-hydrogen) atoms. The molecule has 0 saturated carbocycles. The maximum atomic E-state index is 4.60. The molecule has 0 saturated heterocycles. The zero-order chi connectivity index (χ0) is 12.3. The first-order chi connectivity index (χ1) is 7.51. The third kappa shape index (κ3) is 2.43. The molecule has 1 N–H and O–H groups in total. The van der Waals surface area contributed by atoms with Gasteiger partial charge in [0, 0.05) is 32.1 Å². The molecule has 4 nitrogen and oxygen atoms in total. The van der Waals surface area contributed by atoms with Crippen molar-refractivity contribution in [3.63, 3.8) is 0 Å². The summed E-state index contributed by atoms with van der Waals surface area (Å²) in [6.07, 6.45) is 0.855. The molecule has 4 heteroatoms. The third-order valence-corrected chi connectivity index (χ3v) is 2.83. The monoisotopic (exact) mass is 222 g/mol. The van der Waals surface area contributed by atoms with Crippen molar-refractivity contribution in [2.75, 3.05) is 24.3 Å². The second kappa shape index (κ2) is 5.14. The SMILES string of the molecule is CCc1nc(NC)c(C)c(N(C)C(C)C)n1. The molecule has 0 aromatic carbocycles. The van der Waals surface area contributed by atoms with Crippen molar-refractivity contribution in [2.24, 2.45) is 0 Å². The summed E-state index contributed by atoms with van der Waals surface area (Å²) in [5, 5.41) is 3.13. The van der Waals surface area contributed by atoms with Crippen molar-refractivity contribution in [2.45, 2.75) is 40.2 Å². The van der Waals surface area contributed by atoms with Crippen LogP contribution in [0.25, 0.3) is 0 Å². The van der Waals surface area contributed by atoms with Gasteiger partial charge in [0.2, 0.25) is 0 Å². The maximum absolute atomic E-state index is 4.60. The van der Waals surface area contributed by atoms with E-state index in [-0.39, 0.29) is 0 Å². The fourth-order valence-corrected chi connectivity index (χ4v) is 1.54. The van der Waals surface area contributed by atoms with E-state index in [1.807, 2.05) is 7.05 Å². The summed E-state index contributed by atoms with van der Waals surface area (Å²) in [5.41, 5.74) is 1.11. The van der Waals surface area contributed by atoms with Crippen LogP contribution in [0, 0.1) is 6.92 Å². The van der Waals surface area contributed by atoms with Gasteiger partial charge in [-0.25, -0.2) is 9.97 Å². The normalized spacial score (nSPS) is 10.7. The summed E-state index contributed by atoms with van der Waals surface area (Å²) >= 11 is 0. The topological polar surface area (TPSA) is 41.1 Å². The maximum Gasteiger partial charge on any atom is 0.137 e. The van der Waals surface area contributed by atoms with Gasteiger partial charge in [0.05, 0.1) is 0 Å². The van der Waals surface area contributed by atoms with Gasteiger partial charge >= 0.3 is 0 Å². The lowest BCUT2D eigenvalue weighted by Crippen LogP contribution is -2.28. The summed E-state index contributed by atoms with van der Waals surface area (Å²) in [6, 6.07) is 0.433. The van der Waals surface area contributed by atoms with Gasteiger partial charge in [0.1, 0.15) is 17.5 Å². The molecule has 0 unspecified atom stereocenters. The summed E-state index contributed by atoms with van der Waals surface area (Å²) in [4.78, 5) is 11.2. The second-order valence-corrected chi connectivity index (χ2v) is 4.25. The molecule has 90 valence electrons. The Hall–Kier alpha value is -1.32. The summed E-state index contributed by atoms with van der Waals surface area (Å²) < 4.78 is 0. The van der Waals surface area contributed by atoms with E-state index in [4.69, 9.17) is 0 Å². The predicted molar refractivity (Wildman–Crippen MR) is 69.2 cm³/mol. The van der Waals surface area contributed by atoms with Crippen LogP contribution in [0.3, 0.4) is 0 Å². The minimum Gasteiger partial charge on any atom is -0.373 e. The highest BCUT2D eigenvalue weighted by Crippen LogP contribution is 2.23. The van der Waals surface area contributed by atoms with E-state index in [1.54, 1.807) is 0 Å². The van der Waals surface area contributed by atoms with Crippen molar-refractivity contribution in [1.29, 1.82) is 0 Å². The molecule has 0 radical (unpaired) electrons. The second-order valence-electron chi connectivity index (χ2n) is 4.25. The summed E-state index contributed by atoms with van der Waals surface area (Å²) in [5.74, 6) is 2.83. The fourth-order valence-electron chi connectivity index (χ4n) is 1.54. The molecule has 1 aromatic rings. The number of hydrogen-bond donors (Lipinski definition) is 1. The minimum atomic E-state index is 0.433. The predicted octanol–water partition coefficient (Wildman–Crippen LogP) is 2.23. The number of nitrogens with zero attached hydrogens (tertiary/aromatic N) is 3. The van der Waals surface area contributed by atoms with Gasteiger partial charge < -0.3 is 10.2 Å². The first-order valence-electron chi connectivity index (χ1n) is 5.79. The number of aromatic nitrogens is 2. The molecule has 0 spiro atoms. The Morgan fingerprint density at radius 3 is 2.38 bits per heavy atom. The molecule has 1 heterocycles. The molecule has 0 fully saturated rings. The lowest BCUT2D eigenvalue weighted by Gasteiger charge is -2.25. The molecule has 0 atom stereocenters. The number of nitrogens with one attached hydrogen (secondary N) is 1. The van der Waals surface area contributed by atoms with Crippen LogP contribution in [0.15, 0.2) is 0 Å². The smallest absolute Gasteiger partial charge is 0.137 e. The highest BCUT2D eigenvalue weighted by atomic mass is 15.2. The highest BCUT2D eigenvalue weighted by Gasteiger charge is 2.14. The van der Waals surface area contributed by atoms with Gasteiger partial charge in [-0.05, 0) is 20.8 Å². The summed E-state index contributed by atoms with van der Waals surface area (Å²) in [6.45, 7) is 8.45. The van der Waals surface area contributed by atoms with Crippen LogP contribution in [-0.4, -0.2) is 30.1 Å². The van der Waals surface area contributed by atoms with Gasteiger partial charge in [-0.3, -0.25) is 0 Å². The first kappa shape index (κ1) is 12.7. The Morgan fingerprint density at radius 2 is 1.94 bits per heavy atom. The molecular weight excluding hydrogens is 200 g/mol. The van der Waals surface area contributed by atoms with Crippen LogP contribution >= 0.6 is 0 Å². The lowest BCUT2D eigenvalue weighted by molar-refractivity contribution is 0.732. The molecule has 0 aliphatic carbocycles. The molecule has 1 rings (SSSR count). The molecule has 0 aliphatic rings. The lowest BCUT2D eigenvalue weighted by atomic mass is 10.2. The molecular formula is C12H22N4. The van der Waals surface area contributed by atoms with Gasteiger partial charge in [-0.2, -0.15) is 0 Å². The van der Waals surface area contributed by atoms with Crippen molar-refractivity contribution in [3.05, 3.63) is 11.4 Å². The average molecular weight is 222 g/mol. The molecule has 0 amide bonds. The van der Waals surface area contributed by atoms with Gasteiger partial charge in [0.15, 0.2) is 0 Å². The van der Waals surface area contributed by atoms with Crippen LogP contribution in [0.1, 0.15) is 32.2 Å². The van der Waals surface area contributed by atoms with E-state index in [2.05, 4.69) is 54.9 Å². The molecule has 0 aliphatic heterocycles. The van der Waals surface area contributed by atoms with Crippen molar-refractivity contribution >= 4 is 11.6 Å². The Balaban J connectivity index is 3.25. The molecule has 0 bridgehead atoms. The van der Waals surface area contributed by atoms with Crippen LogP contribution in [0.2, 0.25) is 0 Å². The Kier molecular flexibility index (Phi) is 4.10. The van der Waals surface area contributed by atoms with Gasteiger partial charge in [-0.1, -0.05) is 6.92 Å². The number of rotatable bonds is 4. The quantitative estimate of drug-likeness (QED) is 0.848. The van der Waals surface area contributed by atoms with Crippen LogP contribution in [0.5, 0.6) is 0 Å². The minimum absolute atomic E-state index is 0.433. The van der Waals surface area contributed by atoms with E-state index >= 15 is 0 Å². The van der Waals surface area contributed by atoms with E-state index in [1.165, 1.54) is 0 Å².